The summed E-state index contributed by atoms with van der Waals surface area (Å²) in [6, 6.07) is 2.90. The van der Waals surface area contributed by atoms with Crippen molar-refractivity contribution in [1.82, 2.24) is 10.2 Å². The van der Waals surface area contributed by atoms with E-state index in [2.05, 4.69) is 10.2 Å². The van der Waals surface area contributed by atoms with E-state index in [0.29, 0.717) is 11.5 Å². The molecule has 2 aromatic heterocycles. The fourth-order valence-electron chi connectivity index (χ4n) is 1.25. The second-order valence-corrected chi connectivity index (χ2v) is 4.38. The van der Waals surface area contributed by atoms with Gasteiger partial charge in [0.15, 0.2) is 0 Å². The molecule has 1 N–H and O–H groups in total. The van der Waals surface area contributed by atoms with E-state index in [9.17, 15) is 9.59 Å². The van der Waals surface area contributed by atoms with Crippen LogP contribution in [-0.4, -0.2) is 33.8 Å². The van der Waals surface area contributed by atoms with E-state index < -0.39 is 11.9 Å². The van der Waals surface area contributed by atoms with Gasteiger partial charge in [-0.3, -0.25) is 0 Å². The van der Waals surface area contributed by atoms with E-state index in [4.69, 9.17) is 18.7 Å². The highest BCUT2D eigenvalue weighted by molar-refractivity contribution is 7.98. The number of furan rings is 1. The number of carboxylic acids is 1. The molecule has 0 atom stereocenters. The molecule has 106 valence electrons. The summed E-state index contributed by atoms with van der Waals surface area (Å²) in [7, 11) is 0. The molecule has 0 amide bonds. The van der Waals surface area contributed by atoms with Crippen LogP contribution in [0.1, 0.15) is 33.9 Å². The first-order chi connectivity index (χ1) is 9.60. The van der Waals surface area contributed by atoms with E-state index in [0.717, 1.165) is 11.8 Å². The van der Waals surface area contributed by atoms with Gasteiger partial charge in [-0.1, -0.05) is 16.9 Å². The molecule has 0 bridgehead atoms. The molecule has 0 fully saturated rings. The Kier molecular flexibility index (Phi) is 4.41. The summed E-state index contributed by atoms with van der Waals surface area (Å²) in [6.07, 6.45) is 0. The van der Waals surface area contributed by atoms with Crippen molar-refractivity contribution in [3.8, 4) is 0 Å². The molecule has 20 heavy (non-hydrogen) atoms. The van der Waals surface area contributed by atoms with Crippen LogP contribution in [0.2, 0.25) is 0 Å². The van der Waals surface area contributed by atoms with E-state index in [1.54, 1.807) is 13.0 Å². The molecule has 0 aliphatic rings. The first-order valence-electron chi connectivity index (χ1n) is 5.55. The maximum absolute atomic E-state index is 11.3. The number of carbonyl (C=O) groups is 2. The van der Waals surface area contributed by atoms with Crippen molar-refractivity contribution in [3.63, 3.8) is 0 Å². The third-order valence-electron chi connectivity index (χ3n) is 2.07. The summed E-state index contributed by atoms with van der Waals surface area (Å²) in [4.78, 5) is 21.9. The molecule has 0 unspecified atom stereocenters. The molecule has 2 aromatic rings. The number of thioether (sulfide) groups is 1. The summed E-state index contributed by atoms with van der Waals surface area (Å²) in [5, 5.41) is 16.1. The maximum atomic E-state index is 11.3. The van der Waals surface area contributed by atoms with Gasteiger partial charge in [0.05, 0.1) is 12.4 Å². The van der Waals surface area contributed by atoms with Crippen molar-refractivity contribution in [1.29, 1.82) is 0 Å². The molecule has 8 nitrogen and oxygen atoms in total. The molecule has 0 radical (unpaired) electrons. The molecule has 0 aliphatic carbocycles. The lowest BCUT2D eigenvalue weighted by molar-refractivity contribution is 0.0474. The van der Waals surface area contributed by atoms with E-state index in [1.165, 1.54) is 6.07 Å². The van der Waals surface area contributed by atoms with E-state index in [-0.39, 0.29) is 23.5 Å². The highest BCUT2D eigenvalue weighted by atomic mass is 32.2. The minimum absolute atomic E-state index is 0.140. The van der Waals surface area contributed by atoms with Crippen LogP contribution in [0, 0.1) is 0 Å². The van der Waals surface area contributed by atoms with Gasteiger partial charge in [-0.05, 0) is 19.1 Å². The van der Waals surface area contributed by atoms with Gasteiger partial charge in [0.1, 0.15) is 5.76 Å². The highest BCUT2D eigenvalue weighted by Gasteiger charge is 2.17. The predicted octanol–water partition coefficient (Wildman–Crippen LogP) is 1.83. The largest absolute Gasteiger partial charge is 0.475 e. The molecular weight excluding hydrogens is 288 g/mol. The SMILES string of the molecule is CCOC(=O)c1nnc(SCc2ccc(C(=O)O)o2)o1. The Balaban J connectivity index is 1.93. The second-order valence-electron chi connectivity index (χ2n) is 3.45. The quantitative estimate of drug-likeness (QED) is 0.629. The van der Waals surface area contributed by atoms with Gasteiger partial charge in [0.2, 0.25) is 5.76 Å². The van der Waals surface area contributed by atoms with Crippen molar-refractivity contribution in [2.45, 2.75) is 17.9 Å². The summed E-state index contributed by atoms with van der Waals surface area (Å²) in [5.41, 5.74) is 0. The second kappa shape index (κ2) is 6.24. The summed E-state index contributed by atoms with van der Waals surface area (Å²) in [6.45, 7) is 1.88. The zero-order chi connectivity index (χ0) is 14.5. The maximum Gasteiger partial charge on any atom is 0.396 e. The molecule has 0 saturated carbocycles. The monoisotopic (exact) mass is 298 g/mol. The third-order valence-corrected chi connectivity index (χ3v) is 2.91. The fourth-order valence-corrected chi connectivity index (χ4v) is 1.90. The van der Waals surface area contributed by atoms with E-state index >= 15 is 0 Å². The van der Waals surface area contributed by atoms with Crippen molar-refractivity contribution >= 4 is 23.7 Å². The Labute approximate surface area is 117 Å². The van der Waals surface area contributed by atoms with Gasteiger partial charge >= 0.3 is 17.8 Å². The number of esters is 1. The van der Waals surface area contributed by atoms with Crippen molar-refractivity contribution < 1.29 is 28.3 Å². The highest BCUT2D eigenvalue weighted by Crippen LogP contribution is 2.22. The Morgan fingerprint density at radius 3 is 2.80 bits per heavy atom. The first-order valence-corrected chi connectivity index (χ1v) is 6.54. The number of hydrogen-bond donors (Lipinski definition) is 1. The summed E-state index contributed by atoms with van der Waals surface area (Å²) >= 11 is 1.12. The van der Waals surface area contributed by atoms with Gasteiger partial charge in [-0.15, -0.1) is 5.10 Å². The molecule has 2 heterocycles. The number of nitrogens with zero attached hydrogens (tertiary/aromatic N) is 2. The average molecular weight is 298 g/mol. The van der Waals surface area contributed by atoms with Crippen LogP contribution >= 0.6 is 11.8 Å². The minimum atomic E-state index is -1.14. The average Bonchev–Trinajstić information content (AvgIpc) is 3.06. The van der Waals surface area contributed by atoms with Crippen LogP contribution < -0.4 is 0 Å². The van der Waals surface area contributed by atoms with Crippen molar-refractivity contribution in [2.75, 3.05) is 6.61 Å². The van der Waals surface area contributed by atoms with Gasteiger partial charge in [0, 0.05) is 0 Å². The smallest absolute Gasteiger partial charge is 0.396 e. The van der Waals surface area contributed by atoms with Crippen LogP contribution in [0.3, 0.4) is 0 Å². The Bertz CT molecular complexity index is 620. The number of aromatic carboxylic acids is 1. The van der Waals surface area contributed by atoms with Crippen LogP contribution in [0.5, 0.6) is 0 Å². The molecule has 2 rings (SSSR count). The molecule has 0 aromatic carbocycles. The van der Waals surface area contributed by atoms with Crippen molar-refractivity contribution in [2.24, 2.45) is 0 Å². The number of hydrogen-bond acceptors (Lipinski definition) is 8. The number of aromatic nitrogens is 2. The van der Waals surface area contributed by atoms with Crippen LogP contribution in [0.25, 0.3) is 0 Å². The lowest BCUT2D eigenvalue weighted by Gasteiger charge is -1.94. The normalized spacial score (nSPS) is 10.4. The lowest BCUT2D eigenvalue weighted by Crippen LogP contribution is -2.04. The van der Waals surface area contributed by atoms with Crippen LogP contribution in [0.4, 0.5) is 0 Å². The summed E-state index contributed by atoms with van der Waals surface area (Å²) in [5.74, 6) is -1.43. The summed E-state index contributed by atoms with van der Waals surface area (Å²) < 4.78 is 14.8. The predicted molar refractivity (Wildman–Crippen MR) is 65.5 cm³/mol. The molecule has 9 heteroatoms. The number of carboxylic acid groups (broad SMARTS) is 1. The van der Waals surface area contributed by atoms with Crippen molar-refractivity contribution in [3.05, 3.63) is 29.5 Å². The zero-order valence-electron chi connectivity index (χ0n) is 10.4. The standard InChI is InChI=1S/C11H10N2O6S/c1-2-17-10(16)8-12-13-11(19-8)20-5-6-3-4-7(18-6)9(14)15/h3-4H,2,5H2,1H3,(H,14,15). The van der Waals surface area contributed by atoms with Gasteiger partial charge in [0.25, 0.3) is 5.22 Å². The third kappa shape index (κ3) is 3.38. The zero-order valence-corrected chi connectivity index (χ0v) is 11.2. The Morgan fingerprint density at radius 2 is 2.15 bits per heavy atom. The van der Waals surface area contributed by atoms with Crippen LogP contribution in [-0.2, 0) is 10.5 Å². The first kappa shape index (κ1) is 14.1. The molecular formula is C11H10N2O6S. The lowest BCUT2D eigenvalue weighted by atomic mass is 10.4. The molecule has 0 aliphatic heterocycles. The van der Waals surface area contributed by atoms with Gasteiger partial charge in [-0.2, -0.15) is 0 Å². The van der Waals surface area contributed by atoms with Gasteiger partial charge < -0.3 is 18.7 Å². The van der Waals surface area contributed by atoms with E-state index in [1.807, 2.05) is 0 Å². The molecule has 0 spiro atoms. The van der Waals surface area contributed by atoms with Crippen LogP contribution in [0.15, 0.2) is 26.2 Å². The topological polar surface area (TPSA) is 116 Å². The minimum Gasteiger partial charge on any atom is -0.475 e. The molecule has 0 saturated heterocycles. The Morgan fingerprint density at radius 1 is 1.35 bits per heavy atom. The van der Waals surface area contributed by atoms with Gasteiger partial charge in [-0.25, -0.2) is 9.59 Å². The fraction of sp³-hybridized carbons (Fsp3) is 0.273. The Hall–Kier alpha value is -2.29. The number of ether oxygens (including phenoxy) is 1. The number of carbonyl (C=O) groups excluding carboxylic acids is 1. The number of rotatable bonds is 6.